The first-order valence-corrected chi connectivity index (χ1v) is 7.61. The lowest BCUT2D eigenvalue weighted by molar-refractivity contribution is -0.119. The summed E-state index contributed by atoms with van der Waals surface area (Å²) in [5.41, 5.74) is 6.58. The quantitative estimate of drug-likeness (QED) is 0.907. The Morgan fingerprint density at radius 1 is 1.05 bits per heavy atom. The van der Waals surface area contributed by atoms with Gasteiger partial charge in [0.1, 0.15) is 5.75 Å². The lowest BCUT2D eigenvalue weighted by atomic mass is 10.1. The number of carbonyl (C=O) groups is 1. The molecule has 22 heavy (non-hydrogen) atoms. The highest BCUT2D eigenvalue weighted by molar-refractivity contribution is 5.94. The monoisotopic (exact) mass is 296 g/mol. The van der Waals surface area contributed by atoms with E-state index < -0.39 is 0 Å². The van der Waals surface area contributed by atoms with Crippen molar-refractivity contribution in [2.24, 2.45) is 11.7 Å². The third kappa shape index (κ3) is 3.46. The average Bonchev–Trinajstić information content (AvgIpc) is 2.97. The number of benzene rings is 2. The normalized spacial score (nSPS) is 20.6. The van der Waals surface area contributed by atoms with Gasteiger partial charge in [0, 0.05) is 12.0 Å². The molecule has 2 atom stereocenters. The van der Waals surface area contributed by atoms with Crippen LogP contribution in [0.5, 0.6) is 11.5 Å². The summed E-state index contributed by atoms with van der Waals surface area (Å²) in [6, 6.07) is 17.1. The van der Waals surface area contributed by atoms with Crippen molar-refractivity contribution < 1.29 is 9.53 Å². The predicted octanol–water partition coefficient (Wildman–Crippen LogP) is 3.54. The largest absolute Gasteiger partial charge is 0.455 e. The van der Waals surface area contributed by atoms with Crippen molar-refractivity contribution in [1.29, 1.82) is 0 Å². The Hall–Kier alpha value is -2.33. The van der Waals surface area contributed by atoms with Gasteiger partial charge in [-0.1, -0.05) is 30.3 Å². The topological polar surface area (TPSA) is 64.4 Å². The summed E-state index contributed by atoms with van der Waals surface area (Å²) in [6.07, 6.45) is 2.53. The number of anilines is 1. The zero-order valence-electron chi connectivity index (χ0n) is 12.4. The molecule has 1 aliphatic carbocycles. The number of nitrogens with two attached hydrogens (primary N) is 1. The molecule has 0 aliphatic heterocycles. The molecule has 1 aliphatic rings. The second-order valence-electron chi connectivity index (χ2n) is 5.67. The van der Waals surface area contributed by atoms with Crippen molar-refractivity contribution in [3.63, 3.8) is 0 Å². The number of ether oxygens (including phenoxy) is 1. The molecule has 0 radical (unpaired) electrons. The molecule has 4 heteroatoms. The van der Waals surface area contributed by atoms with Crippen molar-refractivity contribution in [2.45, 2.75) is 25.3 Å². The first-order chi connectivity index (χ1) is 10.7. The molecule has 0 saturated heterocycles. The molecule has 114 valence electrons. The second kappa shape index (κ2) is 6.62. The molecule has 0 heterocycles. The molecular weight excluding hydrogens is 276 g/mol. The zero-order valence-corrected chi connectivity index (χ0v) is 12.4. The van der Waals surface area contributed by atoms with E-state index in [0.29, 0.717) is 11.4 Å². The van der Waals surface area contributed by atoms with Gasteiger partial charge in [0.05, 0.1) is 5.69 Å². The van der Waals surface area contributed by atoms with Gasteiger partial charge in [-0.05, 0) is 43.5 Å². The first-order valence-electron chi connectivity index (χ1n) is 7.61. The highest BCUT2D eigenvalue weighted by Gasteiger charge is 2.28. The van der Waals surface area contributed by atoms with Crippen LogP contribution in [0.1, 0.15) is 19.3 Å². The highest BCUT2D eigenvalue weighted by atomic mass is 16.5. The van der Waals surface area contributed by atoms with Crippen molar-refractivity contribution >= 4 is 11.6 Å². The standard InChI is InChI=1S/C18H20N2O2/c19-14-11-10-13(12-14)18(21)20-16-8-4-5-9-17(16)22-15-6-2-1-3-7-15/h1-9,13-14H,10-12,19H2,(H,20,21). The third-order valence-electron chi connectivity index (χ3n) is 3.96. The maximum absolute atomic E-state index is 12.3. The summed E-state index contributed by atoms with van der Waals surface area (Å²) in [6.45, 7) is 0. The van der Waals surface area contributed by atoms with E-state index >= 15 is 0 Å². The van der Waals surface area contributed by atoms with Crippen LogP contribution in [0.25, 0.3) is 0 Å². The summed E-state index contributed by atoms with van der Waals surface area (Å²) in [4.78, 5) is 12.3. The van der Waals surface area contributed by atoms with Crippen LogP contribution in [0.15, 0.2) is 54.6 Å². The molecule has 2 aromatic rings. The molecule has 1 amide bonds. The predicted molar refractivity (Wildman–Crippen MR) is 86.9 cm³/mol. The highest BCUT2D eigenvalue weighted by Crippen LogP contribution is 2.31. The molecule has 0 aromatic heterocycles. The first kappa shape index (κ1) is 14.6. The molecule has 4 nitrogen and oxygen atoms in total. The van der Waals surface area contributed by atoms with Gasteiger partial charge in [0.2, 0.25) is 5.91 Å². The Morgan fingerprint density at radius 3 is 2.50 bits per heavy atom. The molecule has 0 bridgehead atoms. The van der Waals surface area contributed by atoms with Gasteiger partial charge in [-0.2, -0.15) is 0 Å². The van der Waals surface area contributed by atoms with E-state index in [1.54, 1.807) is 0 Å². The molecule has 1 saturated carbocycles. The van der Waals surface area contributed by atoms with Gasteiger partial charge in [-0.25, -0.2) is 0 Å². The van der Waals surface area contributed by atoms with E-state index in [2.05, 4.69) is 5.32 Å². The van der Waals surface area contributed by atoms with E-state index in [-0.39, 0.29) is 17.9 Å². The van der Waals surface area contributed by atoms with Crippen LogP contribution in [0.2, 0.25) is 0 Å². The lowest BCUT2D eigenvalue weighted by Crippen LogP contribution is -2.23. The Labute approximate surface area is 130 Å². The number of hydrogen-bond acceptors (Lipinski definition) is 3. The minimum atomic E-state index is -0.000202. The minimum absolute atomic E-state index is 0.000202. The van der Waals surface area contributed by atoms with Gasteiger partial charge < -0.3 is 15.8 Å². The van der Waals surface area contributed by atoms with Crippen LogP contribution < -0.4 is 15.8 Å². The van der Waals surface area contributed by atoms with Gasteiger partial charge in [-0.15, -0.1) is 0 Å². The van der Waals surface area contributed by atoms with Crippen LogP contribution in [-0.2, 0) is 4.79 Å². The Bertz CT molecular complexity index is 643. The summed E-state index contributed by atoms with van der Waals surface area (Å²) >= 11 is 0. The Morgan fingerprint density at radius 2 is 1.77 bits per heavy atom. The van der Waals surface area contributed by atoms with Crippen LogP contribution >= 0.6 is 0 Å². The van der Waals surface area contributed by atoms with Crippen molar-refractivity contribution in [3.8, 4) is 11.5 Å². The van der Waals surface area contributed by atoms with Crippen LogP contribution in [0.4, 0.5) is 5.69 Å². The Kier molecular flexibility index (Phi) is 4.39. The molecule has 2 unspecified atom stereocenters. The summed E-state index contributed by atoms with van der Waals surface area (Å²) in [7, 11) is 0. The van der Waals surface area contributed by atoms with E-state index in [1.165, 1.54) is 0 Å². The smallest absolute Gasteiger partial charge is 0.227 e. The Balaban J connectivity index is 1.72. The minimum Gasteiger partial charge on any atom is -0.455 e. The molecular formula is C18H20N2O2. The van der Waals surface area contributed by atoms with Gasteiger partial charge >= 0.3 is 0 Å². The van der Waals surface area contributed by atoms with E-state index in [1.807, 2.05) is 54.6 Å². The van der Waals surface area contributed by atoms with Crippen molar-refractivity contribution in [3.05, 3.63) is 54.6 Å². The fourth-order valence-electron chi connectivity index (χ4n) is 2.76. The van der Waals surface area contributed by atoms with Crippen LogP contribution in [0, 0.1) is 5.92 Å². The maximum Gasteiger partial charge on any atom is 0.227 e. The average molecular weight is 296 g/mol. The van der Waals surface area contributed by atoms with Crippen molar-refractivity contribution in [1.82, 2.24) is 0 Å². The zero-order chi connectivity index (χ0) is 15.4. The SMILES string of the molecule is NC1CCC(C(=O)Nc2ccccc2Oc2ccccc2)C1. The van der Waals surface area contributed by atoms with Gasteiger partial charge in [0.25, 0.3) is 0 Å². The number of rotatable bonds is 4. The number of carbonyl (C=O) groups excluding carboxylic acids is 1. The summed E-state index contributed by atoms with van der Waals surface area (Å²) < 4.78 is 5.85. The van der Waals surface area contributed by atoms with E-state index in [0.717, 1.165) is 25.0 Å². The van der Waals surface area contributed by atoms with Gasteiger partial charge in [0.15, 0.2) is 5.75 Å². The molecule has 2 aromatic carbocycles. The molecule has 0 spiro atoms. The van der Waals surface area contributed by atoms with Crippen LogP contribution in [-0.4, -0.2) is 11.9 Å². The lowest BCUT2D eigenvalue weighted by Gasteiger charge is -2.14. The summed E-state index contributed by atoms with van der Waals surface area (Å²) in [5, 5.41) is 2.97. The summed E-state index contributed by atoms with van der Waals surface area (Å²) in [5.74, 6) is 1.41. The van der Waals surface area contributed by atoms with Gasteiger partial charge in [-0.3, -0.25) is 4.79 Å². The molecule has 1 fully saturated rings. The van der Waals surface area contributed by atoms with Crippen LogP contribution in [0.3, 0.4) is 0 Å². The number of para-hydroxylation sites is 3. The van der Waals surface area contributed by atoms with E-state index in [9.17, 15) is 4.79 Å². The van der Waals surface area contributed by atoms with E-state index in [4.69, 9.17) is 10.5 Å². The number of nitrogens with one attached hydrogen (secondary N) is 1. The van der Waals surface area contributed by atoms with Crippen molar-refractivity contribution in [2.75, 3.05) is 5.32 Å². The second-order valence-corrected chi connectivity index (χ2v) is 5.67. The molecule has 3 N–H and O–H groups in total. The fourth-order valence-corrected chi connectivity index (χ4v) is 2.76. The third-order valence-corrected chi connectivity index (χ3v) is 3.96. The maximum atomic E-state index is 12.3. The molecule has 3 rings (SSSR count). The number of hydrogen-bond donors (Lipinski definition) is 2. The fraction of sp³-hybridized carbons (Fsp3) is 0.278. The number of amides is 1.